The van der Waals surface area contributed by atoms with Crippen molar-refractivity contribution in [3.8, 4) is 5.75 Å². The average Bonchev–Trinajstić information content (AvgIpc) is 2.37. The summed E-state index contributed by atoms with van der Waals surface area (Å²) < 4.78 is 6.17. The Labute approximate surface area is 115 Å². The number of ether oxygens (including phenoxy) is 1. The summed E-state index contributed by atoms with van der Waals surface area (Å²) in [5.41, 5.74) is 3.36. The van der Waals surface area contributed by atoms with Gasteiger partial charge in [-0.2, -0.15) is 0 Å². The summed E-state index contributed by atoms with van der Waals surface area (Å²) in [7, 11) is 1.66. The van der Waals surface area contributed by atoms with Gasteiger partial charge in [0.15, 0.2) is 0 Å². The number of nitrogens with zero attached hydrogens (tertiary/aromatic N) is 1. The molecule has 2 aromatic rings. The maximum atomic E-state index is 5.20. The highest BCUT2D eigenvalue weighted by atomic mass is 79.9. The van der Waals surface area contributed by atoms with Gasteiger partial charge in [-0.25, -0.2) is 0 Å². The number of benzene rings is 1. The Kier molecular flexibility index (Phi) is 4.20. The zero-order valence-electron chi connectivity index (χ0n) is 10.4. The molecule has 0 fully saturated rings. The van der Waals surface area contributed by atoms with Crippen LogP contribution in [0.2, 0.25) is 0 Å². The second kappa shape index (κ2) is 5.87. The van der Waals surface area contributed by atoms with Crippen LogP contribution in [0.5, 0.6) is 5.75 Å². The number of aromatic nitrogens is 1. The SMILES string of the molecule is COc1ccc(CNc2cncc(C)c2)cc1Br. The molecule has 0 unspecified atom stereocenters. The van der Waals surface area contributed by atoms with Crippen LogP contribution in [-0.2, 0) is 6.54 Å². The van der Waals surface area contributed by atoms with E-state index in [4.69, 9.17) is 4.74 Å². The first-order valence-electron chi connectivity index (χ1n) is 5.67. The highest BCUT2D eigenvalue weighted by Crippen LogP contribution is 2.25. The van der Waals surface area contributed by atoms with Crippen molar-refractivity contribution in [2.45, 2.75) is 13.5 Å². The van der Waals surface area contributed by atoms with Crippen LogP contribution in [-0.4, -0.2) is 12.1 Å². The van der Waals surface area contributed by atoms with Crippen molar-refractivity contribution in [2.75, 3.05) is 12.4 Å². The third-order valence-electron chi connectivity index (χ3n) is 2.59. The largest absolute Gasteiger partial charge is 0.496 e. The number of rotatable bonds is 4. The Morgan fingerprint density at radius 3 is 2.78 bits per heavy atom. The number of anilines is 1. The molecule has 18 heavy (non-hydrogen) atoms. The Bertz CT molecular complexity index is 543. The third-order valence-corrected chi connectivity index (χ3v) is 3.21. The standard InChI is InChI=1S/C14H15BrN2O/c1-10-5-12(9-16-7-10)17-8-11-3-4-14(18-2)13(15)6-11/h3-7,9,17H,8H2,1-2H3. The van der Waals surface area contributed by atoms with Gasteiger partial charge in [0.25, 0.3) is 0 Å². The molecule has 0 amide bonds. The van der Waals surface area contributed by atoms with Gasteiger partial charge in [0.1, 0.15) is 5.75 Å². The monoisotopic (exact) mass is 306 g/mol. The van der Waals surface area contributed by atoms with Crippen molar-refractivity contribution in [3.63, 3.8) is 0 Å². The minimum Gasteiger partial charge on any atom is -0.496 e. The molecule has 3 nitrogen and oxygen atoms in total. The third kappa shape index (κ3) is 3.23. The molecular formula is C14H15BrN2O. The highest BCUT2D eigenvalue weighted by molar-refractivity contribution is 9.10. The summed E-state index contributed by atoms with van der Waals surface area (Å²) in [6, 6.07) is 8.12. The van der Waals surface area contributed by atoms with Crippen LogP contribution in [0.15, 0.2) is 41.1 Å². The van der Waals surface area contributed by atoms with Gasteiger partial charge < -0.3 is 10.1 Å². The second-order valence-electron chi connectivity index (χ2n) is 4.07. The molecule has 0 spiro atoms. The van der Waals surface area contributed by atoms with Crippen LogP contribution in [0.25, 0.3) is 0 Å². The quantitative estimate of drug-likeness (QED) is 0.933. The van der Waals surface area contributed by atoms with E-state index in [9.17, 15) is 0 Å². The van der Waals surface area contributed by atoms with Gasteiger partial charge in [-0.1, -0.05) is 6.07 Å². The van der Waals surface area contributed by atoms with Gasteiger partial charge in [-0.3, -0.25) is 4.98 Å². The zero-order valence-corrected chi connectivity index (χ0v) is 12.0. The van der Waals surface area contributed by atoms with Crippen molar-refractivity contribution in [1.29, 1.82) is 0 Å². The average molecular weight is 307 g/mol. The summed E-state index contributed by atoms with van der Waals surface area (Å²) in [5, 5.41) is 3.34. The lowest BCUT2D eigenvalue weighted by Crippen LogP contribution is -2.00. The van der Waals surface area contributed by atoms with Gasteiger partial charge in [0, 0.05) is 18.9 Å². The lowest BCUT2D eigenvalue weighted by atomic mass is 10.2. The van der Waals surface area contributed by atoms with Crippen LogP contribution in [0.1, 0.15) is 11.1 Å². The molecule has 0 aliphatic carbocycles. The topological polar surface area (TPSA) is 34.1 Å². The predicted octanol–water partition coefficient (Wildman–Crippen LogP) is 3.77. The maximum Gasteiger partial charge on any atom is 0.133 e. The van der Waals surface area contributed by atoms with Gasteiger partial charge in [0.2, 0.25) is 0 Å². The first kappa shape index (κ1) is 12.9. The number of aryl methyl sites for hydroxylation is 1. The van der Waals surface area contributed by atoms with Crippen molar-refractivity contribution < 1.29 is 4.74 Å². The Hall–Kier alpha value is -1.55. The molecule has 0 atom stereocenters. The molecular weight excluding hydrogens is 292 g/mol. The number of halogens is 1. The first-order valence-corrected chi connectivity index (χ1v) is 6.46. The number of hydrogen-bond donors (Lipinski definition) is 1. The maximum absolute atomic E-state index is 5.20. The minimum atomic E-state index is 0.758. The predicted molar refractivity (Wildman–Crippen MR) is 77.0 cm³/mol. The summed E-state index contributed by atoms with van der Waals surface area (Å²) in [4.78, 5) is 4.15. The molecule has 2 rings (SSSR count). The van der Waals surface area contributed by atoms with E-state index in [0.717, 1.165) is 28.0 Å². The smallest absolute Gasteiger partial charge is 0.133 e. The fraction of sp³-hybridized carbons (Fsp3) is 0.214. The lowest BCUT2D eigenvalue weighted by Gasteiger charge is -2.09. The number of pyridine rings is 1. The van der Waals surface area contributed by atoms with Gasteiger partial charge in [-0.15, -0.1) is 0 Å². The molecule has 94 valence electrons. The van der Waals surface area contributed by atoms with Crippen molar-refractivity contribution >= 4 is 21.6 Å². The van der Waals surface area contributed by atoms with Gasteiger partial charge >= 0.3 is 0 Å². The van der Waals surface area contributed by atoms with Crippen LogP contribution >= 0.6 is 15.9 Å². The van der Waals surface area contributed by atoms with Crippen LogP contribution in [0.3, 0.4) is 0 Å². The molecule has 0 radical (unpaired) electrons. The molecule has 0 saturated heterocycles. The molecule has 1 aromatic carbocycles. The van der Waals surface area contributed by atoms with Crippen LogP contribution in [0, 0.1) is 6.92 Å². The lowest BCUT2D eigenvalue weighted by molar-refractivity contribution is 0.412. The summed E-state index contributed by atoms with van der Waals surface area (Å²) >= 11 is 3.48. The van der Waals surface area contributed by atoms with E-state index in [1.807, 2.05) is 31.5 Å². The summed E-state index contributed by atoms with van der Waals surface area (Å²) in [6.45, 7) is 2.79. The van der Waals surface area contributed by atoms with Gasteiger partial charge in [-0.05, 0) is 52.2 Å². The molecule has 4 heteroatoms. The number of hydrogen-bond acceptors (Lipinski definition) is 3. The molecule has 1 heterocycles. The Morgan fingerprint density at radius 1 is 1.28 bits per heavy atom. The first-order chi connectivity index (χ1) is 8.69. The summed E-state index contributed by atoms with van der Waals surface area (Å²) in [6.07, 6.45) is 3.67. The van der Waals surface area contributed by atoms with E-state index < -0.39 is 0 Å². The molecule has 0 aliphatic rings. The van der Waals surface area contributed by atoms with E-state index in [1.54, 1.807) is 7.11 Å². The van der Waals surface area contributed by atoms with Gasteiger partial charge in [0.05, 0.1) is 17.3 Å². The van der Waals surface area contributed by atoms with Crippen LogP contribution in [0.4, 0.5) is 5.69 Å². The second-order valence-corrected chi connectivity index (χ2v) is 4.93. The highest BCUT2D eigenvalue weighted by Gasteiger charge is 2.01. The van der Waals surface area contributed by atoms with Crippen molar-refractivity contribution in [3.05, 3.63) is 52.3 Å². The number of nitrogens with one attached hydrogen (secondary N) is 1. The minimum absolute atomic E-state index is 0.758. The molecule has 1 N–H and O–H groups in total. The zero-order chi connectivity index (χ0) is 13.0. The van der Waals surface area contributed by atoms with Crippen molar-refractivity contribution in [1.82, 2.24) is 4.98 Å². The molecule has 0 saturated carbocycles. The molecule has 1 aromatic heterocycles. The fourth-order valence-corrected chi connectivity index (χ4v) is 2.26. The van der Waals surface area contributed by atoms with E-state index in [1.165, 1.54) is 5.56 Å². The van der Waals surface area contributed by atoms with E-state index in [0.29, 0.717) is 0 Å². The van der Waals surface area contributed by atoms with Crippen molar-refractivity contribution in [2.24, 2.45) is 0 Å². The Morgan fingerprint density at radius 2 is 2.11 bits per heavy atom. The van der Waals surface area contributed by atoms with E-state index in [2.05, 4.69) is 38.4 Å². The van der Waals surface area contributed by atoms with E-state index >= 15 is 0 Å². The molecule has 0 aliphatic heterocycles. The fourth-order valence-electron chi connectivity index (χ4n) is 1.68. The van der Waals surface area contributed by atoms with E-state index in [-0.39, 0.29) is 0 Å². The molecule has 0 bridgehead atoms. The normalized spacial score (nSPS) is 10.2. The van der Waals surface area contributed by atoms with Crippen LogP contribution < -0.4 is 10.1 Å². The summed E-state index contributed by atoms with van der Waals surface area (Å²) in [5.74, 6) is 0.843. The Balaban J connectivity index is 2.04. The number of methoxy groups -OCH3 is 1.